The Morgan fingerprint density at radius 3 is 2.67 bits per heavy atom. The summed E-state index contributed by atoms with van der Waals surface area (Å²) in [5.74, 6) is 0.251. The second-order valence-electron chi connectivity index (χ2n) is 2.87. The van der Waals surface area contributed by atoms with E-state index in [4.69, 9.17) is 4.74 Å². The van der Waals surface area contributed by atoms with Crippen LogP contribution in [0, 0.1) is 0 Å². The molecule has 0 radical (unpaired) electrons. The summed E-state index contributed by atoms with van der Waals surface area (Å²) in [5.41, 5.74) is 0. The van der Waals surface area contributed by atoms with Gasteiger partial charge in [0.05, 0.1) is 12.5 Å². The van der Waals surface area contributed by atoms with Crippen molar-refractivity contribution in [2.24, 2.45) is 0 Å². The third-order valence-electron chi connectivity index (χ3n) is 2.22. The topological polar surface area (TPSA) is 29.5 Å². The van der Waals surface area contributed by atoms with Crippen molar-refractivity contribution >= 4 is 5.91 Å². The van der Waals surface area contributed by atoms with Gasteiger partial charge < -0.3 is 9.64 Å². The molecule has 0 spiro atoms. The summed E-state index contributed by atoms with van der Waals surface area (Å²) in [4.78, 5) is 12.6. The number of hydrogen-bond acceptors (Lipinski definition) is 2. The van der Waals surface area contributed by atoms with Crippen molar-refractivity contribution in [1.29, 1.82) is 0 Å². The summed E-state index contributed by atoms with van der Waals surface area (Å²) in [6.07, 6.45) is 2.06. The maximum atomic E-state index is 10.8. The molecule has 0 saturated carbocycles. The Morgan fingerprint density at radius 1 is 1.58 bits per heavy atom. The molecule has 0 aromatic carbocycles. The average Bonchev–Trinajstić information content (AvgIpc) is 2.45. The van der Waals surface area contributed by atoms with Crippen molar-refractivity contribution in [1.82, 2.24) is 4.90 Å². The van der Waals surface area contributed by atoms with Crippen LogP contribution in [0.3, 0.4) is 0 Å². The highest BCUT2D eigenvalue weighted by Gasteiger charge is 2.44. The highest BCUT2D eigenvalue weighted by molar-refractivity contribution is 5.82. The highest BCUT2D eigenvalue weighted by atomic mass is 16.5. The number of carbonyl (C=O) groups excluding carboxylic acids is 1. The number of amides is 1. The predicted octanol–water partition coefficient (Wildman–Crippen LogP) is 1.38. The fourth-order valence-corrected chi connectivity index (χ4v) is 1.48. The predicted molar refractivity (Wildman–Crippen MR) is 46.6 cm³/mol. The van der Waals surface area contributed by atoms with Crippen LogP contribution in [-0.2, 0) is 9.53 Å². The quantitative estimate of drug-likeness (QED) is 0.558. The number of rotatable bonds is 1. The van der Waals surface area contributed by atoms with E-state index in [1.54, 1.807) is 0 Å². The normalized spacial score (nSPS) is 31.9. The number of ether oxygens (including phenoxy) is 1. The van der Waals surface area contributed by atoms with Crippen LogP contribution < -0.4 is 0 Å². The molecule has 0 aliphatic carbocycles. The minimum absolute atomic E-state index is 0.137. The standard InChI is InChI=1S/C7H11NO2.C2H6/c1-2-5-4-8-6(9)3-7(8)10-5;1-2/h5,7H,2-4H2,1H3;1-2H3. The van der Waals surface area contributed by atoms with Crippen molar-refractivity contribution in [3.05, 3.63) is 0 Å². The van der Waals surface area contributed by atoms with Gasteiger partial charge in [0.25, 0.3) is 0 Å². The summed E-state index contributed by atoms with van der Waals surface area (Å²) in [6, 6.07) is 0. The van der Waals surface area contributed by atoms with Gasteiger partial charge in [0, 0.05) is 6.54 Å². The molecule has 2 saturated heterocycles. The maximum absolute atomic E-state index is 10.8. The summed E-state index contributed by atoms with van der Waals surface area (Å²) >= 11 is 0. The van der Waals surface area contributed by atoms with Crippen LogP contribution in [0.25, 0.3) is 0 Å². The van der Waals surface area contributed by atoms with Gasteiger partial charge in [-0.05, 0) is 6.42 Å². The molecular weight excluding hydrogens is 154 g/mol. The maximum Gasteiger partial charge on any atom is 0.229 e. The van der Waals surface area contributed by atoms with Crippen LogP contribution in [0.5, 0.6) is 0 Å². The van der Waals surface area contributed by atoms with Gasteiger partial charge in [0.2, 0.25) is 5.91 Å². The Kier molecular flexibility index (Phi) is 3.09. The first kappa shape index (κ1) is 9.52. The first-order valence-corrected chi connectivity index (χ1v) is 4.76. The third kappa shape index (κ3) is 1.46. The zero-order valence-electron chi connectivity index (χ0n) is 8.04. The fraction of sp³-hybridized carbons (Fsp3) is 0.889. The van der Waals surface area contributed by atoms with Crippen molar-refractivity contribution < 1.29 is 9.53 Å². The van der Waals surface area contributed by atoms with Gasteiger partial charge in [-0.2, -0.15) is 0 Å². The summed E-state index contributed by atoms with van der Waals surface area (Å²) in [5, 5.41) is 0. The van der Waals surface area contributed by atoms with Gasteiger partial charge in [-0.15, -0.1) is 0 Å². The monoisotopic (exact) mass is 171 g/mol. The van der Waals surface area contributed by atoms with Gasteiger partial charge in [-0.3, -0.25) is 4.79 Å². The Labute approximate surface area is 73.7 Å². The second kappa shape index (κ2) is 3.90. The minimum Gasteiger partial charge on any atom is -0.353 e. The Bertz CT molecular complexity index is 170. The molecule has 2 aliphatic heterocycles. The molecule has 3 heteroatoms. The zero-order valence-corrected chi connectivity index (χ0v) is 8.04. The molecule has 2 fully saturated rings. The molecule has 2 heterocycles. The van der Waals surface area contributed by atoms with Crippen molar-refractivity contribution in [3.63, 3.8) is 0 Å². The van der Waals surface area contributed by atoms with Gasteiger partial charge in [-0.25, -0.2) is 0 Å². The molecule has 2 rings (SSSR count). The van der Waals surface area contributed by atoms with Crippen molar-refractivity contribution in [3.8, 4) is 0 Å². The van der Waals surface area contributed by atoms with Gasteiger partial charge in [-0.1, -0.05) is 20.8 Å². The molecule has 1 amide bonds. The first-order valence-electron chi connectivity index (χ1n) is 4.76. The number of carbonyl (C=O) groups is 1. The zero-order chi connectivity index (χ0) is 9.14. The Hall–Kier alpha value is -0.570. The Balaban J connectivity index is 0.000000336. The summed E-state index contributed by atoms with van der Waals surface area (Å²) in [6.45, 7) is 6.90. The molecule has 2 atom stereocenters. The van der Waals surface area contributed by atoms with E-state index in [-0.39, 0.29) is 12.1 Å². The van der Waals surface area contributed by atoms with E-state index >= 15 is 0 Å². The number of fused-ring (bicyclic) bond motifs is 1. The number of β-lactam (4-membered cyclic amide) rings is 1. The molecule has 12 heavy (non-hydrogen) atoms. The first-order chi connectivity index (χ1) is 5.81. The van der Waals surface area contributed by atoms with Crippen LogP contribution in [0.2, 0.25) is 0 Å². The molecule has 2 aliphatic rings. The van der Waals surface area contributed by atoms with Crippen LogP contribution in [0.4, 0.5) is 0 Å². The molecule has 0 aromatic rings. The van der Waals surface area contributed by atoms with E-state index in [1.807, 2.05) is 18.7 Å². The van der Waals surface area contributed by atoms with E-state index in [0.717, 1.165) is 13.0 Å². The average molecular weight is 171 g/mol. The molecule has 70 valence electrons. The SMILES string of the molecule is CC.CCC1CN2C(=O)CC2O1. The van der Waals surface area contributed by atoms with Gasteiger partial charge in [0.1, 0.15) is 6.23 Å². The molecule has 0 aromatic heterocycles. The lowest BCUT2D eigenvalue weighted by molar-refractivity contribution is -0.156. The van der Waals surface area contributed by atoms with Crippen LogP contribution >= 0.6 is 0 Å². The summed E-state index contributed by atoms with van der Waals surface area (Å²) < 4.78 is 5.48. The lowest BCUT2D eigenvalue weighted by Crippen LogP contribution is -2.48. The van der Waals surface area contributed by atoms with E-state index < -0.39 is 0 Å². The molecular formula is C9H17NO2. The lowest BCUT2D eigenvalue weighted by atomic mass is 10.2. The lowest BCUT2D eigenvalue weighted by Gasteiger charge is -2.31. The van der Waals surface area contributed by atoms with Crippen LogP contribution in [0.15, 0.2) is 0 Å². The molecule has 0 N–H and O–H groups in total. The van der Waals surface area contributed by atoms with Crippen molar-refractivity contribution in [2.45, 2.75) is 45.9 Å². The number of nitrogens with zero attached hydrogens (tertiary/aromatic N) is 1. The van der Waals surface area contributed by atoms with E-state index in [1.165, 1.54) is 0 Å². The van der Waals surface area contributed by atoms with Crippen molar-refractivity contribution in [2.75, 3.05) is 6.54 Å². The highest BCUT2D eigenvalue weighted by Crippen LogP contribution is 2.29. The Morgan fingerprint density at radius 2 is 2.25 bits per heavy atom. The minimum atomic E-state index is 0.137. The van der Waals surface area contributed by atoms with Crippen LogP contribution in [0.1, 0.15) is 33.6 Å². The third-order valence-corrected chi connectivity index (χ3v) is 2.22. The van der Waals surface area contributed by atoms with E-state index in [9.17, 15) is 4.79 Å². The van der Waals surface area contributed by atoms with Gasteiger partial charge in [0.15, 0.2) is 0 Å². The van der Waals surface area contributed by atoms with Crippen LogP contribution in [-0.4, -0.2) is 29.7 Å². The summed E-state index contributed by atoms with van der Waals surface area (Å²) in [7, 11) is 0. The van der Waals surface area contributed by atoms with E-state index in [2.05, 4.69) is 6.92 Å². The molecule has 2 unspecified atom stereocenters. The largest absolute Gasteiger partial charge is 0.353 e. The fourth-order valence-electron chi connectivity index (χ4n) is 1.48. The smallest absolute Gasteiger partial charge is 0.229 e. The molecule has 0 bridgehead atoms. The van der Waals surface area contributed by atoms with Gasteiger partial charge >= 0.3 is 0 Å². The second-order valence-corrected chi connectivity index (χ2v) is 2.87. The van der Waals surface area contributed by atoms with E-state index in [0.29, 0.717) is 12.5 Å². The molecule has 3 nitrogen and oxygen atoms in total. The number of hydrogen-bond donors (Lipinski definition) is 0.